The van der Waals surface area contributed by atoms with Crippen LogP contribution in [-0.4, -0.2) is 43.5 Å². The van der Waals surface area contributed by atoms with Crippen LogP contribution in [0.5, 0.6) is 0 Å². The Bertz CT molecular complexity index is 452. The fraction of sp³-hybridized carbons (Fsp3) is 0.688. The number of likely N-dealkylation sites (tertiary alicyclic amines) is 1. The van der Waals surface area contributed by atoms with Crippen LogP contribution in [0.2, 0.25) is 0 Å². The minimum absolute atomic E-state index is 0. The predicted molar refractivity (Wildman–Crippen MR) is 101 cm³/mol. The predicted octanol–water partition coefficient (Wildman–Crippen LogP) is 2.53. The second kappa shape index (κ2) is 10.5. The van der Waals surface area contributed by atoms with Crippen molar-refractivity contribution in [1.82, 2.24) is 15.5 Å². The molecule has 1 aromatic rings. The van der Waals surface area contributed by atoms with Crippen molar-refractivity contribution in [3.63, 3.8) is 0 Å². The van der Waals surface area contributed by atoms with Gasteiger partial charge in [0.1, 0.15) is 0 Å². The van der Waals surface area contributed by atoms with Crippen molar-refractivity contribution in [2.75, 3.05) is 32.7 Å². The number of piperidine rings is 1. The number of hydrogen-bond acceptors (Lipinski definition) is 4. The zero-order valence-electron chi connectivity index (χ0n) is 13.3. The van der Waals surface area contributed by atoms with E-state index in [1.54, 1.807) is 0 Å². The largest absolute Gasteiger partial charge is 0.355 e. The van der Waals surface area contributed by atoms with Gasteiger partial charge in [-0.25, -0.2) is 0 Å². The smallest absolute Gasteiger partial charge is 0.224 e. The van der Waals surface area contributed by atoms with Crippen LogP contribution in [0.3, 0.4) is 0 Å². The van der Waals surface area contributed by atoms with E-state index in [1.165, 1.54) is 24.3 Å². The molecule has 0 aromatic carbocycles. The first-order valence-electron chi connectivity index (χ1n) is 8.04. The van der Waals surface area contributed by atoms with Gasteiger partial charge in [0.25, 0.3) is 0 Å². The summed E-state index contributed by atoms with van der Waals surface area (Å²) in [6.45, 7) is 6.04. The molecule has 2 unspecified atom stereocenters. The minimum Gasteiger partial charge on any atom is -0.355 e. The lowest BCUT2D eigenvalue weighted by Crippen LogP contribution is -2.42. The van der Waals surface area contributed by atoms with E-state index in [1.807, 2.05) is 11.3 Å². The third-order valence-corrected chi connectivity index (χ3v) is 5.42. The highest BCUT2D eigenvalue weighted by Crippen LogP contribution is 2.20. The number of carbonyl (C=O) groups is 1. The molecule has 3 rings (SSSR count). The first-order chi connectivity index (χ1) is 10.3. The number of hydrogen-bond donors (Lipinski definition) is 2. The summed E-state index contributed by atoms with van der Waals surface area (Å²) in [5.41, 5.74) is 0. The van der Waals surface area contributed by atoms with Crippen LogP contribution < -0.4 is 10.6 Å². The Labute approximate surface area is 155 Å². The van der Waals surface area contributed by atoms with E-state index in [2.05, 4.69) is 33.0 Å². The molecule has 132 valence electrons. The van der Waals surface area contributed by atoms with Crippen LogP contribution in [0, 0.1) is 11.8 Å². The molecule has 1 amide bonds. The lowest BCUT2D eigenvalue weighted by molar-refractivity contribution is -0.124. The van der Waals surface area contributed by atoms with Gasteiger partial charge in [-0.15, -0.1) is 36.2 Å². The standard InChI is InChI=1S/C16H25N3OS.2ClH/c20-16(14-5-6-17-10-14)18-9-13-3-1-7-19(11-13)12-15-4-2-8-21-15;;/h2,4,8,13-14,17H,1,3,5-7,9-12H2,(H,18,20);2*1H. The molecule has 2 aliphatic rings. The highest BCUT2D eigenvalue weighted by Gasteiger charge is 2.24. The second-order valence-electron chi connectivity index (χ2n) is 6.26. The van der Waals surface area contributed by atoms with Gasteiger partial charge < -0.3 is 10.6 Å². The molecule has 2 saturated heterocycles. The first-order valence-corrected chi connectivity index (χ1v) is 8.92. The van der Waals surface area contributed by atoms with E-state index in [9.17, 15) is 4.79 Å². The van der Waals surface area contributed by atoms with Gasteiger partial charge in [0.2, 0.25) is 5.91 Å². The summed E-state index contributed by atoms with van der Waals surface area (Å²) in [5.74, 6) is 1.04. The molecule has 2 N–H and O–H groups in total. The van der Waals surface area contributed by atoms with Crippen LogP contribution in [-0.2, 0) is 11.3 Å². The zero-order chi connectivity index (χ0) is 14.5. The normalized spacial score (nSPS) is 24.5. The second-order valence-corrected chi connectivity index (χ2v) is 7.29. The van der Waals surface area contributed by atoms with Crippen molar-refractivity contribution < 1.29 is 4.79 Å². The van der Waals surface area contributed by atoms with E-state index < -0.39 is 0 Å². The molecule has 2 aliphatic heterocycles. The van der Waals surface area contributed by atoms with E-state index in [0.717, 1.165) is 39.1 Å². The number of nitrogens with one attached hydrogen (secondary N) is 2. The molecule has 0 aliphatic carbocycles. The lowest BCUT2D eigenvalue weighted by Gasteiger charge is -2.32. The maximum absolute atomic E-state index is 12.1. The van der Waals surface area contributed by atoms with Crippen LogP contribution >= 0.6 is 36.2 Å². The van der Waals surface area contributed by atoms with E-state index >= 15 is 0 Å². The van der Waals surface area contributed by atoms with Gasteiger partial charge in [-0.1, -0.05) is 6.07 Å². The van der Waals surface area contributed by atoms with Crippen molar-refractivity contribution in [2.45, 2.75) is 25.8 Å². The first kappa shape index (κ1) is 20.7. The van der Waals surface area contributed by atoms with Gasteiger partial charge in [-0.05, 0) is 49.7 Å². The van der Waals surface area contributed by atoms with Crippen LogP contribution in [0.1, 0.15) is 24.1 Å². The quantitative estimate of drug-likeness (QED) is 0.825. The topological polar surface area (TPSA) is 44.4 Å². The molecule has 0 radical (unpaired) electrons. The number of amides is 1. The summed E-state index contributed by atoms with van der Waals surface area (Å²) in [4.78, 5) is 16.0. The van der Waals surface area contributed by atoms with E-state index in [4.69, 9.17) is 0 Å². The highest BCUT2D eigenvalue weighted by atomic mass is 35.5. The Balaban J connectivity index is 0.00000132. The van der Waals surface area contributed by atoms with Crippen molar-refractivity contribution in [3.05, 3.63) is 22.4 Å². The van der Waals surface area contributed by atoms with Crippen molar-refractivity contribution in [2.24, 2.45) is 11.8 Å². The monoisotopic (exact) mass is 379 g/mol. The maximum Gasteiger partial charge on any atom is 0.224 e. The van der Waals surface area contributed by atoms with E-state index in [-0.39, 0.29) is 36.6 Å². The lowest BCUT2D eigenvalue weighted by atomic mass is 9.97. The molecule has 2 fully saturated rings. The number of thiophene rings is 1. The van der Waals surface area contributed by atoms with Crippen molar-refractivity contribution in [3.8, 4) is 0 Å². The van der Waals surface area contributed by atoms with Crippen LogP contribution in [0.4, 0.5) is 0 Å². The fourth-order valence-electron chi connectivity index (χ4n) is 3.35. The Morgan fingerprint density at radius 2 is 2.26 bits per heavy atom. The van der Waals surface area contributed by atoms with Crippen LogP contribution in [0.15, 0.2) is 17.5 Å². The summed E-state index contributed by atoms with van der Waals surface area (Å²) in [7, 11) is 0. The molecule has 4 nitrogen and oxygen atoms in total. The third kappa shape index (κ3) is 6.24. The number of nitrogens with zero attached hydrogens (tertiary/aromatic N) is 1. The molecular formula is C16H27Cl2N3OS. The molecule has 0 bridgehead atoms. The Kier molecular flexibility index (Phi) is 9.47. The Morgan fingerprint density at radius 1 is 1.39 bits per heavy atom. The van der Waals surface area contributed by atoms with Crippen molar-refractivity contribution >= 4 is 42.1 Å². The summed E-state index contributed by atoms with van der Waals surface area (Å²) in [6, 6.07) is 4.33. The SMILES string of the molecule is Cl.Cl.O=C(NCC1CCCN(Cc2cccs2)C1)C1CCNC1. The van der Waals surface area contributed by atoms with Gasteiger partial charge in [-0.2, -0.15) is 0 Å². The minimum atomic E-state index is 0. The molecule has 23 heavy (non-hydrogen) atoms. The molecular weight excluding hydrogens is 353 g/mol. The molecule has 2 atom stereocenters. The van der Waals surface area contributed by atoms with Gasteiger partial charge in [0.15, 0.2) is 0 Å². The van der Waals surface area contributed by atoms with Gasteiger partial charge in [0.05, 0.1) is 5.92 Å². The van der Waals surface area contributed by atoms with Crippen LogP contribution in [0.25, 0.3) is 0 Å². The van der Waals surface area contributed by atoms with Gasteiger partial charge in [-0.3, -0.25) is 9.69 Å². The highest BCUT2D eigenvalue weighted by molar-refractivity contribution is 7.09. The van der Waals surface area contributed by atoms with Gasteiger partial charge in [0, 0.05) is 31.1 Å². The summed E-state index contributed by atoms with van der Waals surface area (Å²) in [5, 5.41) is 8.57. The van der Waals surface area contributed by atoms with E-state index in [0.29, 0.717) is 5.92 Å². The Morgan fingerprint density at radius 3 is 2.96 bits per heavy atom. The number of rotatable bonds is 5. The molecule has 1 aromatic heterocycles. The molecule has 7 heteroatoms. The zero-order valence-corrected chi connectivity index (χ0v) is 15.8. The third-order valence-electron chi connectivity index (χ3n) is 4.56. The average molecular weight is 380 g/mol. The summed E-state index contributed by atoms with van der Waals surface area (Å²) < 4.78 is 0. The Hall–Kier alpha value is -0.330. The molecule has 3 heterocycles. The van der Waals surface area contributed by atoms with Crippen molar-refractivity contribution in [1.29, 1.82) is 0 Å². The maximum atomic E-state index is 12.1. The number of halogens is 2. The summed E-state index contributed by atoms with van der Waals surface area (Å²) >= 11 is 1.83. The van der Waals surface area contributed by atoms with Gasteiger partial charge >= 0.3 is 0 Å². The molecule has 0 spiro atoms. The number of carbonyl (C=O) groups excluding carboxylic acids is 1. The average Bonchev–Trinajstić information content (AvgIpc) is 3.18. The fourth-order valence-corrected chi connectivity index (χ4v) is 4.10. The summed E-state index contributed by atoms with van der Waals surface area (Å²) in [6.07, 6.45) is 3.47. The molecule has 0 saturated carbocycles.